The van der Waals surface area contributed by atoms with Gasteiger partial charge in [0.15, 0.2) is 0 Å². The third-order valence-corrected chi connectivity index (χ3v) is 4.38. The molecule has 3 nitrogen and oxygen atoms in total. The molecule has 3 rings (SSSR count). The molecule has 1 unspecified atom stereocenters. The number of nitrogens with two attached hydrogens (primary N) is 1. The molecule has 1 aliphatic rings. The second-order valence-corrected chi connectivity index (χ2v) is 7.39. The predicted octanol–water partition coefficient (Wildman–Crippen LogP) is 5.36. The van der Waals surface area contributed by atoms with Crippen molar-refractivity contribution in [2.75, 3.05) is 20.1 Å². The van der Waals surface area contributed by atoms with Gasteiger partial charge in [-0.25, -0.2) is 4.39 Å². The topological polar surface area (TPSA) is 46.3 Å². The van der Waals surface area contributed by atoms with Crippen molar-refractivity contribution in [3.8, 4) is 0 Å². The number of likely N-dealkylation sites (N-methyl/N-ethyl adjacent to an activating group) is 1. The Hall–Kier alpha value is -2.01. The van der Waals surface area contributed by atoms with Gasteiger partial charge in [0.2, 0.25) is 0 Å². The van der Waals surface area contributed by atoms with Gasteiger partial charge in [0.25, 0.3) is 0 Å². The summed E-state index contributed by atoms with van der Waals surface area (Å²) in [5.74, 6) is 0.442. The summed E-state index contributed by atoms with van der Waals surface area (Å²) in [4.78, 5) is 11.0. The fraction of sp³-hybridized carbons (Fsp3) is 0.348. The van der Waals surface area contributed by atoms with Gasteiger partial charge in [-0.3, -0.25) is 4.90 Å². The summed E-state index contributed by atoms with van der Waals surface area (Å²) < 4.78 is 14.0. The van der Waals surface area contributed by atoms with Gasteiger partial charge >= 0.3 is 0 Å². The van der Waals surface area contributed by atoms with E-state index in [9.17, 15) is 4.39 Å². The fourth-order valence-corrected chi connectivity index (χ4v) is 2.83. The van der Waals surface area contributed by atoms with Crippen molar-refractivity contribution in [2.45, 2.75) is 26.8 Å². The van der Waals surface area contributed by atoms with Crippen LogP contribution in [0.25, 0.3) is 5.57 Å². The molecule has 0 spiro atoms. The molecule has 1 atom stereocenters. The van der Waals surface area contributed by atoms with Crippen molar-refractivity contribution in [1.82, 2.24) is 4.90 Å². The van der Waals surface area contributed by atoms with E-state index in [-0.39, 0.29) is 11.9 Å². The second-order valence-electron chi connectivity index (χ2n) is 6.95. The summed E-state index contributed by atoms with van der Waals surface area (Å²) in [5.41, 5.74) is 7.97. The SMILES string of the molecule is CC(C)CN.CC=O.CN1CC(c2cc(Cl)ccc2F)=CC1c1ccccc1. The highest BCUT2D eigenvalue weighted by Crippen LogP contribution is 2.34. The number of carbonyl (C=O) groups is 1. The number of aldehydes is 1. The van der Waals surface area contributed by atoms with Crippen LogP contribution < -0.4 is 5.73 Å². The first-order chi connectivity index (χ1) is 13.3. The molecule has 5 heteroatoms. The van der Waals surface area contributed by atoms with Crippen molar-refractivity contribution >= 4 is 23.5 Å². The Morgan fingerprint density at radius 3 is 2.36 bits per heavy atom. The summed E-state index contributed by atoms with van der Waals surface area (Å²) in [6, 6.07) is 15.1. The van der Waals surface area contributed by atoms with Gasteiger partial charge < -0.3 is 10.5 Å². The van der Waals surface area contributed by atoms with Crippen LogP contribution in [0.4, 0.5) is 4.39 Å². The lowest BCUT2D eigenvalue weighted by molar-refractivity contribution is -0.106. The maximum atomic E-state index is 14.0. The molecule has 1 aliphatic heterocycles. The molecule has 2 N–H and O–H groups in total. The maximum absolute atomic E-state index is 14.0. The van der Waals surface area contributed by atoms with Crippen LogP contribution in [0.2, 0.25) is 5.02 Å². The molecule has 1 heterocycles. The van der Waals surface area contributed by atoms with Crippen molar-refractivity contribution in [1.29, 1.82) is 0 Å². The molecule has 0 saturated carbocycles. The maximum Gasteiger partial charge on any atom is 0.130 e. The lowest BCUT2D eigenvalue weighted by atomic mass is 10.0. The van der Waals surface area contributed by atoms with Crippen LogP contribution in [-0.2, 0) is 4.79 Å². The molecule has 152 valence electrons. The van der Waals surface area contributed by atoms with E-state index >= 15 is 0 Å². The van der Waals surface area contributed by atoms with Crippen LogP contribution in [0.15, 0.2) is 54.6 Å². The molecular formula is C23H30ClFN2O. The molecule has 0 aliphatic carbocycles. The van der Waals surface area contributed by atoms with Gasteiger partial charge in [0, 0.05) is 17.1 Å². The van der Waals surface area contributed by atoms with Crippen molar-refractivity contribution in [2.24, 2.45) is 11.7 Å². The summed E-state index contributed by atoms with van der Waals surface area (Å²) in [6.07, 6.45) is 2.87. The Balaban J connectivity index is 0.000000421. The van der Waals surface area contributed by atoms with Crippen LogP contribution in [0.5, 0.6) is 0 Å². The molecule has 0 radical (unpaired) electrons. The van der Waals surface area contributed by atoms with Gasteiger partial charge in [0.05, 0.1) is 6.04 Å². The summed E-state index contributed by atoms with van der Waals surface area (Å²) in [6.45, 7) is 7.16. The van der Waals surface area contributed by atoms with Crippen molar-refractivity contribution < 1.29 is 9.18 Å². The van der Waals surface area contributed by atoms with Gasteiger partial charge in [0.1, 0.15) is 12.1 Å². The largest absolute Gasteiger partial charge is 0.330 e. The minimum Gasteiger partial charge on any atom is -0.330 e. The monoisotopic (exact) mass is 404 g/mol. The third kappa shape index (κ3) is 7.55. The first kappa shape index (κ1) is 24.0. The van der Waals surface area contributed by atoms with Crippen molar-refractivity contribution in [3.05, 3.63) is 76.6 Å². The summed E-state index contributed by atoms with van der Waals surface area (Å²) in [7, 11) is 2.05. The van der Waals surface area contributed by atoms with Crippen LogP contribution in [0.1, 0.15) is 37.9 Å². The minimum atomic E-state index is -0.220. The highest BCUT2D eigenvalue weighted by molar-refractivity contribution is 6.30. The van der Waals surface area contributed by atoms with Crippen LogP contribution in [0, 0.1) is 11.7 Å². The van der Waals surface area contributed by atoms with E-state index in [1.165, 1.54) is 18.6 Å². The highest BCUT2D eigenvalue weighted by atomic mass is 35.5. The van der Waals surface area contributed by atoms with Crippen LogP contribution in [0.3, 0.4) is 0 Å². The third-order valence-electron chi connectivity index (χ3n) is 4.14. The smallest absolute Gasteiger partial charge is 0.130 e. The Morgan fingerprint density at radius 1 is 1.25 bits per heavy atom. The first-order valence-electron chi connectivity index (χ1n) is 9.35. The van der Waals surface area contributed by atoms with E-state index in [0.29, 0.717) is 16.5 Å². The zero-order valence-electron chi connectivity index (χ0n) is 17.0. The Bertz CT molecular complexity index is 762. The van der Waals surface area contributed by atoms with Crippen LogP contribution in [-0.4, -0.2) is 31.3 Å². The first-order valence-corrected chi connectivity index (χ1v) is 9.72. The summed E-state index contributed by atoms with van der Waals surface area (Å²) >= 11 is 5.98. The Kier molecular flexibility index (Phi) is 10.7. The zero-order chi connectivity index (χ0) is 21.1. The van der Waals surface area contributed by atoms with E-state index in [0.717, 1.165) is 24.9 Å². The number of rotatable bonds is 3. The number of nitrogens with zero attached hydrogens (tertiary/aromatic N) is 1. The average Bonchev–Trinajstić information content (AvgIpc) is 3.07. The number of hydrogen-bond donors (Lipinski definition) is 1. The molecule has 0 fully saturated rings. The minimum absolute atomic E-state index is 0.185. The number of benzene rings is 2. The highest BCUT2D eigenvalue weighted by Gasteiger charge is 2.24. The fourth-order valence-electron chi connectivity index (χ4n) is 2.66. The molecule has 0 amide bonds. The second kappa shape index (κ2) is 12.4. The van der Waals surface area contributed by atoms with E-state index in [2.05, 4.69) is 37.0 Å². The summed E-state index contributed by atoms with van der Waals surface area (Å²) in [5, 5.41) is 0.563. The lowest BCUT2D eigenvalue weighted by Crippen LogP contribution is -2.18. The van der Waals surface area contributed by atoms with E-state index in [1.54, 1.807) is 12.1 Å². The predicted molar refractivity (Wildman–Crippen MR) is 117 cm³/mol. The molecule has 28 heavy (non-hydrogen) atoms. The molecule has 0 aromatic heterocycles. The molecule has 0 saturated heterocycles. The zero-order valence-corrected chi connectivity index (χ0v) is 17.8. The van der Waals surface area contributed by atoms with Crippen molar-refractivity contribution in [3.63, 3.8) is 0 Å². The van der Waals surface area contributed by atoms with Gasteiger partial charge in [-0.15, -0.1) is 0 Å². The van der Waals surface area contributed by atoms with E-state index in [4.69, 9.17) is 22.1 Å². The molecular weight excluding hydrogens is 375 g/mol. The Labute approximate surface area is 173 Å². The standard InChI is InChI=1S/C17H15ClFN.C4H11N.C2H4O/c1-20-11-13(15-10-14(18)7-8-16(15)19)9-17(20)12-5-3-2-4-6-12;1-4(2)3-5;1-2-3/h2-10,17H,11H2,1H3;4H,3,5H2,1-2H3;2H,1H3. The quantitative estimate of drug-likeness (QED) is 0.701. The van der Waals surface area contributed by atoms with Gasteiger partial charge in [-0.1, -0.05) is 61.9 Å². The average molecular weight is 405 g/mol. The molecule has 0 bridgehead atoms. The normalized spacial score (nSPS) is 15.9. The molecule has 2 aromatic rings. The van der Waals surface area contributed by atoms with Crippen LogP contribution >= 0.6 is 11.6 Å². The van der Waals surface area contributed by atoms with Gasteiger partial charge in [-0.05, 0) is 55.8 Å². The van der Waals surface area contributed by atoms with E-state index < -0.39 is 0 Å². The lowest BCUT2D eigenvalue weighted by Gasteiger charge is -2.19. The van der Waals surface area contributed by atoms with Gasteiger partial charge in [-0.2, -0.15) is 0 Å². The number of hydrogen-bond acceptors (Lipinski definition) is 3. The Morgan fingerprint density at radius 2 is 1.82 bits per heavy atom. The number of carbonyl (C=O) groups excluding carboxylic acids is 1. The number of halogens is 2. The van der Waals surface area contributed by atoms with E-state index in [1.807, 2.05) is 25.2 Å². The molecule has 2 aromatic carbocycles.